The molecule has 0 radical (unpaired) electrons. The van der Waals surface area contributed by atoms with Crippen LogP contribution in [0.25, 0.3) is 11.2 Å². The van der Waals surface area contributed by atoms with Gasteiger partial charge in [0.1, 0.15) is 11.8 Å². The van der Waals surface area contributed by atoms with Crippen LogP contribution in [0.1, 0.15) is 46.6 Å². The van der Waals surface area contributed by atoms with Crippen LogP contribution < -0.4 is 5.32 Å². The van der Waals surface area contributed by atoms with Crippen molar-refractivity contribution in [2.45, 2.75) is 52.7 Å². The Morgan fingerprint density at radius 1 is 1.22 bits per heavy atom. The van der Waals surface area contributed by atoms with Gasteiger partial charge in [-0.3, -0.25) is 0 Å². The molecular weight excluding hydrogens is 294 g/mol. The van der Waals surface area contributed by atoms with E-state index in [9.17, 15) is 0 Å². The Morgan fingerprint density at radius 2 is 1.96 bits per heavy atom. The van der Waals surface area contributed by atoms with Gasteiger partial charge in [-0.1, -0.05) is 27.7 Å². The predicted molar refractivity (Wildman–Crippen MR) is 92.7 cm³/mol. The molecule has 1 fully saturated rings. The van der Waals surface area contributed by atoms with Gasteiger partial charge in [-0.2, -0.15) is 0 Å². The largest absolute Gasteiger partial charge is 0.394 e. The fraction of sp³-hybridized carbons (Fsp3) is 0.688. The number of anilines is 1. The van der Waals surface area contributed by atoms with Crippen molar-refractivity contribution in [3.63, 3.8) is 0 Å². The van der Waals surface area contributed by atoms with Crippen LogP contribution >= 0.6 is 0 Å². The Hall–Kier alpha value is -1.73. The van der Waals surface area contributed by atoms with E-state index in [1.165, 1.54) is 6.33 Å². The van der Waals surface area contributed by atoms with E-state index in [0.717, 1.165) is 29.8 Å². The quantitative estimate of drug-likeness (QED) is 0.903. The number of rotatable bonds is 3. The number of imidazole rings is 1. The van der Waals surface area contributed by atoms with Crippen LogP contribution in [0.4, 0.5) is 5.82 Å². The lowest BCUT2D eigenvalue weighted by atomic mass is 10.1. The highest BCUT2D eigenvalue weighted by molar-refractivity contribution is 5.82. The van der Waals surface area contributed by atoms with Gasteiger partial charge < -0.3 is 19.7 Å². The molecule has 0 spiro atoms. The summed E-state index contributed by atoms with van der Waals surface area (Å²) in [6.45, 7) is 8.67. The van der Waals surface area contributed by atoms with Crippen molar-refractivity contribution in [2.75, 3.05) is 25.6 Å². The zero-order chi connectivity index (χ0) is 17.2. The normalized spacial score (nSPS) is 20.1. The molecule has 0 amide bonds. The summed E-state index contributed by atoms with van der Waals surface area (Å²) in [7, 11) is 1.82. The summed E-state index contributed by atoms with van der Waals surface area (Å²) in [5, 5.41) is 12.1. The summed E-state index contributed by atoms with van der Waals surface area (Å²) in [6.07, 6.45) is 5.09. The molecule has 3 rings (SSSR count). The first kappa shape index (κ1) is 19.3. The number of fused-ring (bicyclic) bond motifs is 1. The molecule has 3 heterocycles. The second-order valence-electron chi connectivity index (χ2n) is 4.67. The zero-order valence-corrected chi connectivity index (χ0v) is 14.8. The van der Waals surface area contributed by atoms with Gasteiger partial charge in [-0.15, -0.1) is 0 Å². The van der Waals surface area contributed by atoms with Gasteiger partial charge >= 0.3 is 0 Å². The molecule has 2 aromatic heterocycles. The minimum absolute atomic E-state index is 0.0338. The highest BCUT2D eigenvalue weighted by atomic mass is 16.5. The summed E-state index contributed by atoms with van der Waals surface area (Å²) < 4.78 is 7.64. The highest BCUT2D eigenvalue weighted by Gasteiger charge is 2.24. The molecule has 1 aliphatic rings. The predicted octanol–water partition coefficient (Wildman–Crippen LogP) is 2.63. The van der Waals surface area contributed by atoms with Gasteiger partial charge in [0.15, 0.2) is 11.5 Å². The average Bonchev–Trinajstić information content (AvgIpc) is 3.09. The second-order valence-corrected chi connectivity index (χ2v) is 4.67. The number of aromatic nitrogens is 4. The van der Waals surface area contributed by atoms with E-state index in [-0.39, 0.29) is 18.8 Å². The molecule has 23 heavy (non-hydrogen) atoms. The molecule has 1 aliphatic heterocycles. The summed E-state index contributed by atoms with van der Waals surface area (Å²) in [4.78, 5) is 12.8. The molecule has 0 aromatic carbocycles. The fourth-order valence-electron chi connectivity index (χ4n) is 2.46. The van der Waals surface area contributed by atoms with E-state index in [4.69, 9.17) is 9.84 Å². The summed E-state index contributed by atoms with van der Waals surface area (Å²) >= 11 is 0. The van der Waals surface area contributed by atoms with Crippen LogP contribution in [0.15, 0.2) is 12.7 Å². The smallest absolute Gasteiger partial charge is 0.165 e. The third-order valence-electron chi connectivity index (χ3n) is 3.54. The molecule has 7 nitrogen and oxygen atoms in total. The molecule has 0 aliphatic carbocycles. The van der Waals surface area contributed by atoms with E-state index in [2.05, 4.69) is 20.3 Å². The monoisotopic (exact) mass is 323 g/mol. The Morgan fingerprint density at radius 3 is 2.52 bits per heavy atom. The van der Waals surface area contributed by atoms with Crippen molar-refractivity contribution in [3.8, 4) is 0 Å². The Labute approximate surface area is 138 Å². The molecule has 1 saturated heterocycles. The Kier molecular flexibility index (Phi) is 8.50. The van der Waals surface area contributed by atoms with Crippen molar-refractivity contribution in [1.29, 1.82) is 0 Å². The minimum Gasteiger partial charge on any atom is -0.394 e. The van der Waals surface area contributed by atoms with Gasteiger partial charge in [0.25, 0.3) is 0 Å². The first-order valence-corrected chi connectivity index (χ1v) is 8.41. The van der Waals surface area contributed by atoms with Gasteiger partial charge in [-0.25, -0.2) is 15.0 Å². The topological polar surface area (TPSA) is 85.1 Å². The van der Waals surface area contributed by atoms with Crippen molar-refractivity contribution in [2.24, 2.45) is 0 Å². The van der Waals surface area contributed by atoms with Gasteiger partial charge in [0.2, 0.25) is 0 Å². The van der Waals surface area contributed by atoms with E-state index in [0.29, 0.717) is 6.61 Å². The number of hydrogen-bond acceptors (Lipinski definition) is 6. The Balaban J connectivity index is 0.000000615. The first-order valence-electron chi connectivity index (χ1n) is 8.41. The van der Waals surface area contributed by atoms with E-state index in [1.54, 1.807) is 6.33 Å². The third kappa shape index (κ3) is 4.39. The van der Waals surface area contributed by atoms with Crippen molar-refractivity contribution in [1.82, 2.24) is 19.5 Å². The maximum atomic E-state index is 9.07. The fourth-order valence-corrected chi connectivity index (χ4v) is 2.46. The average molecular weight is 323 g/mol. The number of ether oxygens (including phenoxy) is 1. The lowest BCUT2D eigenvalue weighted by molar-refractivity contribution is -0.0383. The zero-order valence-electron chi connectivity index (χ0n) is 14.8. The maximum Gasteiger partial charge on any atom is 0.165 e. The maximum absolute atomic E-state index is 9.07. The van der Waals surface area contributed by atoms with Crippen LogP contribution in [0, 0.1) is 0 Å². The molecule has 2 N–H and O–H groups in total. The summed E-state index contributed by atoms with van der Waals surface area (Å²) in [5.74, 6) is 0.730. The van der Waals surface area contributed by atoms with Crippen LogP contribution in [-0.2, 0) is 4.74 Å². The lowest BCUT2D eigenvalue weighted by Gasteiger charge is -2.28. The van der Waals surface area contributed by atoms with Crippen LogP contribution in [0.5, 0.6) is 0 Å². The lowest BCUT2D eigenvalue weighted by Crippen LogP contribution is -2.30. The minimum atomic E-state index is -0.0338. The molecule has 0 saturated carbocycles. The molecule has 2 unspecified atom stereocenters. The molecule has 2 aromatic rings. The summed E-state index contributed by atoms with van der Waals surface area (Å²) in [5.41, 5.74) is 1.59. The number of nitrogens with zero attached hydrogens (tertiary/aromatic N) is 4. The van der Waals surface area contributed by atoms with E-state index in [1.807, 2.05) is 39.3 Å². The SMILES string of the molecule is CC.CC.CNc1ncnc2c1ncn2C1CCC(CO)OC1. The first-order chi connectivity index (χ1) is 11.3. The number of aliphatic hydroxyl groups is 1. The second kappa shape index (κ2) is 10.1. The van der Waals surface area contributed by atoms with E-state index < -0.39 is 0 Å². The van der Waals surface area contributed by atoms with E-state index >= 15 is 0 Å². The van der Waals surface area contributed by atoms with Crippen molar-refractivity contribution in [3.05, 3.63) is 12.7 Å². The molecule has 7 heteroatoms. The van der Waals surface area contributed by atoms with Gasteiger partial charge in [0.05, 0.1) is 31.7 Å². The van der Waals surface area contributed by atoms with Crippen LogP contribution in [0.3, 0.4) is 0 Å². The molecule has 130 valence electrons. The standard InChI is InChI=1S/C12H17N5O2.2C2H6/c1-13-11-10-12(15-6-14-11)17(7-16-10)8-2-3-9(4-18)19-5-8;2*1-2/h6-9,18H,2-5H2,1H3,(H,13,14,15);2*1-2H3. The van der Waals surface area contributed by atoms with Gasteiger partial charge in [-0.05, 0) is 12.8 Å². The molecular formula is C16H29N5O2. The third-order valence-corrected chi connectivity index (χ3v) is 3.54. The number of nitrogens with one attached hydrogen (secondary N) is 1. The number of aliphatic hydroxyl groups excluding tert-OH is 1. The van der Waals surface area contributed by atoms with Crippen molar-refractivity contribution >= 4 is 17.0 Å². The number of hydrogen-bond donors (Lipinski definition) is 2. The molecule has 2 atom stereocenters. The van der Waals surface area contributed by atoms with Crippen LogP contribution in [-0.4, -0.2) is 51.0 Å². The van der Waals surface area contributed by atoms with Crippen LogP contribution in [0.2, 0.25) is 0 Å². The van der Waals surface area contributed by atoms with Gasteiger partial charge in [0, 0.05) is 7.05 Å². The van der Waals surface area contributed by atoms with Crippen molar-refractivity contribution < 1.29 is 9.84 Å². The Bertz CT molecular complexity index is 565. The molecule has 0 bridgehead atoms. The highest BCUT2D eigenvalue weighted by Crippen LogP contribution is 2.27. The summed E-state index contributed by atoms with van der Waals surface area (Å²) in [6, 6.07) is 0.215.